The van der Waals surface area contributed by atoms with Crippen molar-refractivity contribution >= 4 is 11.9 Å². The average molecular weight is 207 g/mol. The first-order valence-corrected chi connectivity index (χ1v) is 4.68. The maximum atomic E-state index is 13.4. The van der Waals surface area contributed by atoms with E-state index >= 15 is 0 Å². The first-order chi connectivity index (χ1) is 7.10. The third-order valence-electron chi connectivity index (χ3n) is 2.19. The predicted octanol–water partition coefficient (Wildman–Crippen LogP) is 2.26. The fraction of sp³-hybridized carbons (Fsp3) is 0.273. The van der Waals surface area contributed by atoms with Gasteiger partial charge in [0.05, 0.1) is 0 Å². The molecule has 1 aromatic carbocycles. The Bertz CT molecular complexity index is 397. The Morgan fingerprint density at radius 2 is 2.20 bits per heavy atom. The summed E-state index contributed by atoms with van der Waals surface area (Å²) < 4.78 is 13.4. The summed E-state index contributed by atoms with van der Waals surface area (Å²) in [5.74, 6) is 4.97. The van der Waals surface area contributed by atoms with Gasteiger partial charge in [0.1, 0.15) is 11.5 Å². The van der Waals surface area contributed by atoms with Crippen LogP contribution in [0.3, 0.4) is 0 Å². The Kier molecular flexibility index (Phi) is 3.55. The average Bonchev–Trinajstić information content (AvgIpc) is 2.21. The van der Waals surface area contributed by atoms with Crippen LogP contribution in [0.1, 0.15) is 30.9 Å². The first kappa shape index (κ1) is 11.4. The highest BCUT2D eigenvalue weighted by molar-refractivity contribution is 6.37. The number of hydrazone groups is 1. The molecular weight excluding hydrogens is 193 g/mol. The van der Waals surface area contributed by atoms with Gasteiger partial charge in [0.2, 0.25) is 0 Å². The van der Waals surface area contributed by atoms with Crippen molar-refractivity contribution in [3.05, 3.63) is 35.1 Å². The Labute approximate surface area is 88.3 Å². The molecule has 1 rings (SSSR count). The lowest BCUT2D eigenvalue weighted by Gasteiger charge is -2.09. The summed E-state index contributed by atoms with van der Waals surface area (Å²) in [7, 11) is 0. The number of nitrogens with two attached hydrogens (primary N) is 1. The van der Waals surface area contributed by atoms with Crippen molar-refractivity contribution < 1.29 is 4.39 Å². The standard InChI is InChI=1S/C11H14FN3/c1-7(2)9-5-8(3-4-10(9)12)11(6-13)15-14/h3-7,13H,14H2,1-2H3. The van der Waals surface area contributed by atoms with Crippen LogP contribution in [-0.2, 0) is 0 Å². The predicted molar refractivity (Wildman–Crippen MR) is 60.0 cm³/mol. The number of halogens is 1. The molecule has 0 saturated carbocycles. The summed E-state index contributed by atoms with van der Waals surface area (Å²) >= 11 is 0. The molecule has 0 spiro atoms. The number of benzene rings is 1. The lowest BCUT2D eigenvalue weighted by Crippen LogP contribution is -2.07. The molecule has 1 aromatic rings. The molecule has 0 aliphatic rings. The van der Waals surface area contributed by atoms with E-state index < -0.39 is 0 Å². The summed E-state index contributed by atoms with van der Waals surface area (Å²) in [6.07, 6.45) is 1.05. The van der Waals surface area contributed by atoms with Crippen LogP contribution in [0.5, 0.6) is 0 Å². The third-order valence-corrected chi connectivity index (χ3v) is 2.19. The van der Waals surface area contributed by atoms with Crippen molar-refractivity contribution in [1.82, 2.24) is 0 Å². The molecule has 0 aliphatic carbocycles. The third kappa shape index (κ3) is 2.40. The van der Waals surface area contributed by atoms with E-state index in [2.05, 4.69) is 5.10 Å². The zero-order chi connectivity index (χ0) is 11.4. The Morgan fingerprint density at radius 3 is 2.67 bits per heavy atom. The Balaban J connectivity index is 3.24. The quantitative estimate of drug-likeness (QED) is 0.445. The molecule has 15 heavy (non-hydrogen) atoms. The molecule has 0 fully saturated rings. The normalized spacial score (nSPS) is 11.9. The van der Waals surface area contributed by atoms with Gasteiger partial charge in [-0.2, -0.15) is 5.10 Å². The van der Waals surface area contributed by atoms with E-state index in [-0.39, 0.29) is 11.7 Å². The van der Waals surface area contributed by atoms with Crippen LogP contribution in [0.15, 0.2) is 23.3 Å². The fourth-order valence-corrected chi connectivity index (χ4v) is 1.34. The van der Waals surface area contributed by atoms with E-state index in [1.54, 1.807) is 12.1 Å². The first-order valence-electron chi connectivity index (χ1n) is 4.68. The van der Waals surface area contributed by atoms with E-state index in [0.717, 1.165) is 6.21 Å². The van der Waals surface area contributed by atoms with Crippen LogP contribution in [0.2, 0.25) is 0 Å². The van der Waals surface area contributed by atoms with Crippen LogP contribution in [0.4, 0.5) is 4.39 Å². The number of hydrogen-bond donors (Lipinski definition) is 2. The van der Waals surface area contributed by atoms with E-state index in [0.29, 0.717) is 16.8 Å². The van der Waals surface area contributed by atoms with Crippen molar-refractivity contribution in [2.45, 2.75) is 19.8 Å². The van der Waals surface area contributed by atoms with Gasteiger partial charge in [0, 0.05) is 11.8 Å². The summed E-state index contributed by atoms with van der Waals surface area (Å²) in [6, 6.07) is 4.62. The Morgan fingerprint density at radius 1 is 1.53 bits per heavy atom. The van der Waals surface area contributed by atoms with Gasteiger partial charge in [0.15, 0.2) is 0 Å². The fourth-order valence-electron chi connectivity index (χ4n) is 1.34. The van der Waals surface area contributed by atoms with Gasteiger partial charge < -0.3 is 11.3 Å². The van der Waals surface area contributed by atoms with Crippen molar-refractivity contribution in [2.24, 2.45) is 10.9 Å². The molecule has 0 aromatic heterocycles. The molecule has 3 nitrogen and oxygen atoms in total. The molecule has 0 unspecified atom stereocenters. The van der Waals surface area contributed by atoms with E-state index in [1.165, 1.54) is 6.07 Å². The summed E-state index contributed by atoms with van der Waals surface area (Å²) in [5.41, 5.74) is 1.62. The molecule has 0 aliphatic heterocycles. The van der Waals surface area contributed by atoms with E-state index in [9.17, 15) is 4.39 Å². The number of hydrogen-bond acceptors (Lipinski definition) is 3. The second-order valence-electron chi connectivity index (χ2n) is 3.55. The highest BCUT2D eigenvalue weighted by atomic mass is 19.1. The van der Waals surface area contributed by atoms with Crippen LogP contribution in [0.25, 0.3) is 0 Å². The summed E-state index contributed by atoms with van der Waals surface area (Å²) in [5, 5.41) is 10.6. The molecule has 0 heterocycles. The van der Waals surface area contributed by atoms with Crippen LogP contribution in [0, 0.1) is 11.2 Å². The molecule has 0 bridgehead atoms. The zero-order valence-corrected chi connectivity index (χ0v) is 8.79. The zero-order valence-electron chi connectivity index (χ0n) is 8.79. The minimum absolute atomic E-state index is 0.0923. The van der Waals surface area contributed by atoms with Gasteiger partial charge in [-0.25, -0.2) is 4.39 Å². The second-order valence-corrected chi connectivity index (χ2v) is 3.55. The monoisotopic (exact) mass is 207 g/mol. The van der Waals surface area contributed by atoms with Crippen LogP contribution >= 0.6 is 0 Å². The van der Waals surface area contributed by atoms with Gasteiger partial charge in [-0.05, 0) is 29.7 Å². The summed E-state index contributed by atoms with van der Waals surface area (Å²) in [4.78, 5) is 0. The van der Waals surface area contributed by atoms with E-state index in [1.807, 2.05) is 13.8 Å². The highest BCUT2D eigenvalue weighted by Gasteiger charge is 2.09. The van der Waals surface area contributed by atoms with Gasteiger partial charge in [-0.1, -0.05) is 13.8 Å². The molecule has 80 valence electrons. The second kappa shape index (κ2) is 4.68. The minimum atomic E-state index is -0.241. The largest absolute Gasteiger partial charge is 0.323 e. The van der Waals surface area contributed by atoms with Crippen molar-refractivity contribution in [1.29, 1.82) is 5.41 Å². The van der Waals surface area contributed by atoms with Gasteiger partial charge in [-0.15, -0.1) is 0 Å². The van der Waals surface area contributed by atoms with E-state index in [4.69, 9.17) is 11.3 Å². The van der Waals surface area contributed by atoms with Gasteiger partial charge in [-0.3, -0.25) is 0 Å². The highest BCUT2D eigenvalue weighted by Crippen LogP contribution is 2.19. The smallest absolute Gasteiger partial charge is 0.126 e. The van der Waals surface area contributed by atoms with Crippen molar-refractivity contribution in [3.63, 3.8) is 0 Å². The number of nitrogens with zero attached hydrogens (tertiary/aromatic N) is 1. The molecule has 3 N–H and O–H groups in total. The molecule has 0 amide bonds. The SMILES string of the molecule is CC(C)c1cc(C(C=N)=NN)ccc1F. The van der Waals surface area contributed by atoms with Crippen LogP contribution < -0.4 is 5.84 Å². The summed E-state index contributed by atoms with van der Waals surface area (Å²) in [6.45, 7) is 3.82. The molecule has 0 radical (unpaired) electrons. The van der Waals surface area contributed by atoms with Gasteiger partial charge in [0.25, 0.3) is 0 Å². The minimum Gasteiger partial charge on any atom is -0.323 e. The lowest BCUT2D eigenvalue weighted by molar-refractivity contribution is 0.598. The number of nitrogens with one attached hydrogen (secondary N) is 1. The molecular formula is C11H14FN3. The molecule has 4 heteroatoms. The topological polar surface area (TPSA) is 62.2 Å². The Hall–Kier alpha value is -1.71. The maximum absolute atomic E-state index is 13.4. The van der Waals surface area contributed by atoms with Crippen molar-refractivity contribution in [2.75, 3.05) is 0 Å². The van der Waals surface area contributed by atoms with Crippen molar-refractivity contribution in [3.8, 4) is 0 Å². The number of rotatable bonds is 3. The van der Waals surface area contributed by atoms with Gasteiger partial charge >= 0.3 is 0 Å². The molecule has 0 saturated heterocycles. The van der Waals surface area contributed by atoms with Crippen LogP contribution in [-0.4, -0.2) is 11.9 Å². The molecule has 0 atom stereocenters. The lowest BCUT2D eigenvalue weighted by atomic mass is 9.98. The maximum Gasteiger partial charge on any atom is 0.126 e.